The number of thiophene rings is 1. The van der Waals surface area contributed by atoms with Crippen molar-refractivity contribution in [2.75, 3.05) is 21.0 Å². The molecule has 5 nitrogen and oxygen atoms in total. The number of methoxy groups -OCH3 is 2. The van der Waals surface area contributed by atoms with Crippen molar-refractivity contribution >= 4 is 21.4 Å². The summed E-state index contributed by atoms with van der Waals surface area (Å²) in [6.45, 7) is 0.613. The molecule has 1 heterocycles. The Hall–Kier alpha value is -4.00. The van der Waals surface area contributed by atoms with Crippen molar-refractivity contribution in [3.8, 4) is 39.2 Å². The van der Waals surface area contributed by atoms with Crippen molar-refractivity contribution in [1.82, 2.24) is 0 Å². The van der Waals surface area contributed by atoms with E-state index in [0.717, 1.165) is 31.8 Å². The van der Waals surface area contributed by atoms with E-state index in [4.69, 9.17) is 23.7 Å². The number of benzene rings is 4. The van der Waals surface area contributed by atoms with Crippen LogP contribution in [0.15, 0.2) is 97.1 Å². The zero-order chi connectivity index (χ0) is 24.7. The molecule has 5 aromatic rings. The Morgan fingerprint density at radius 2 is 1.47 bits per heavy atom. The van der Waals surface area contributed by atoms with Crippen molar-refractivity contribution in [3.63, 3.8) is 0 Å². The molecule has 0 bridgehead atoms. The quantitative estimate of drug-likeness (QED) is 0.183. The first-order valence-corrected chi connectivity index (χ1v) is 12.3. The van der Waals surface area contributed by atoms with E-state index in [9.17, 15) is 0 Å². The van der Waals surface area contributed by atoms with Crippen LogP contribution in [0.5, 0.6) is 28.1 Å². The first-order valence-electron chi connectivity index (χ1n) is 11.5. The van der Waals surface area contributed by atoms with Gasteiger partial charge >= 0.3 is 0 Å². The lowest BCUT2D eigenvalue weighted by Gasteiger charge is -2.19. The largest absolute Gasteiger partial charge is 0.493 e. The van der Waals surface area contributed by atoms with E-state index in [2.05, 4.69) is 12.1 Å². The molecule has 0 aliphatic rings. The van der Waals surface area contributed by atoms with Gasteiger partial charge in [0.1, 0.15) is 18.1 Å². The minimum absolute atomic E-state index is 0.185. The predicted molar refractivity (Wildman–Crippen MR) is 144 cm³/mol. The average molecular weight is 499 g/mol. The molecule has 0 spiro atoms. The monoisotopic (exact) mass is 498 g/mol. The van der Waals surface area contributed by atoms with Crippen LogP contribution >= 0.6 is 11.3 Å². The minimum Gasteiger partial charge on any atom is -0.493 e. The summed E-state index contributed by atoms with van der Waals surface area (Å²) >= 11 is 1.59. The van der Waals surface area contributed by atoms with Crippen LogP contribution in [-0.4, -0.2) is 21.0 Å². The summed E-state index contributed by atoms with van der Waals surface area (Å²) in [5.41, 5.74) is 2.80. The summed E-state index contributed by atoms with van der Waals surface area (Å²) in [4.78, 5) is 0. The molecule has 0 amide bonds. The maximum atomic E-state index is 6.52. The highest BCUT2D eigenvalue weighted by atomic mass is 32.1. The second-order valence-electron chi connectivity index (χ2n) is 8.02. The summed E-state index contributed by atoms with van der Waals surface area (Å²) in [5.74, 6) is 2.62. The normalized spacial score (nSPS) is 10.8. The van der Waals surface area contributed by atoms with Crippen LogP contribution in [0.2, 0.25) is 0 Å². The van der Waals surface area contributed by atoms with Gasteiger partial charge in [-0.15, -0.1) is 0 Å². The molecule has 0 saturated carbocycles. The van der Waals surface area contributed by atoms with Crippen LogP contribution in [0.4, 0.5) is 0 Å². The first kappa shape index (κ1) is 23.7. The Kier molecular flexibility index (Phi) is 7.36. The Morgan fingerprint density at radius 3 is 2.22 bits per heavy atom. The summed E-state index contributed by atoms with van der Waals surface area (Å²) in [7, 11) is 3.24. The summed E-state index contributed by atoms with van der Waals surface area (Å²) in [6.07, 6.45) is 0. The maximum Gasteiger partial charge on any atom is 0.188 e. The van der Waals surface area contributed by atoms with E-state index >= 15 is 0 Å². The third-order valence-electron chi connectivity index (χ3n) is 5.63. The topological polar surface area (TPSA) is 46.2 Å². The summed E-state index contributed by atoms with van der Waals surface area (Å²) < 4.78 is 30.3. The van der Waals surface area contributed by atoms with Crippen LogP contribution in [0.1, 0.15) is 5.56 Å². The highest BCUT2D eigenvalue weighted by molar-refractivity contribution is 7.20. The van der Waals surface area contributed by atoms with Gasteiger partial charge in [0.15, 0.2) is 23.4 Å². The van der Waals surface area contributed by atoms with Gasteiger partial charge in [-0.2, -0.15) is 0 Å². The zero-order valence-electron chi connectivity index (χ0n) is 20.1. The van der Waals surface area contributed by atoms with E-state index in [1.807, 2.05) is 84.9 Å². The molecule has 36 heavy (non-hydrogen) atoms. The average Bonchev–Trinajstić information content (AvgIpc) is 3.34. The third-order valence-corrected chi connectivity index (χ3v) is 6.63. The Labute approximate surface area is 214 Å². The third kappa shape index (κ3) is 5.30. The van der Waals surface area contributed by atoms with Gasteiger partial charge in [0.25, 0.3) is 0 Å². The lowest BCUT2D eigenvalue weighted by Crippen LogP contribution is -2.01. The fraction of sp³-hybridized carbons (Fsp3) is 0.133. The van der Waals surface area contributed by atoms with Crippen molar-refractivity contribution in [1.29, 1.82) is 0 Å². The molecule has 0 radical (unpaired) electrons. The van der Waals surface area contributed by atoms with Crippen LogP contribution in [0, 0.1) is 0 Å². The van der Waals surface area contributed by atoms with Crippen LogP contribution in [0.3, 0.4) is 0 Å². The second-order valence-corrected chi connectivity index (χ2v) is 9.07. The molecular formula is C30H26O5S. The van der Waals surface area contributed by atoms with Gasteiger partial charge in [0.2, 0.25) is 0 Å². The molecule has 6 heteroatoms. The Balaban J connectivity index is 1.57. The molecule has 0 saturated heterocycles. The van der Waals surface area contributed by atoms with Gasteiger partial charge in [0.05, 0.1) is 12.7 Å². The molecule has 0 aliphatic carbocycles. The maximum absolute atomic E-state index is 6.52. The molecule has 0 aliphatic heterocycles. The van der Waals surface area contributed by atoms with E-state index in [-0.39, 0.29) is 6.79 Å². The highest BCUT2D eigenvalue weighted by Crippen LogP contribution is 2.48. The smallest absolute Gasteiger partial charge is 0.188 e. The van der Waals surface area contributed by atoms with Gasteiger partial charge in [-0.1, -0.05) is 72.0 Å². The number of hydrogen-bond acceptors (Lipinski definition) is 6. The predicted octanol–water partition coefficient (Wildman–Crippen LogP) is 7.93. The first-order chi connectivity index (χ1) is 17.7. The fourth-order valence-electron chi connectivity index (χ4n) is 3.89. The molecule has 1 aromatic heterocycles. The summed E-state index contributed by atoms with van der Waals surface area (Å²) in [6, 6.07) is 31.9. The molecular weight excluding hydrogens is 472 g/mol. The van der Waals surface area contributed by atoms with Gasteiger partial charge < -0.3 is 23.7 Å². The summed E-state index contributed by atoms with van der Waals surface area (Å²) in [5, 5.41) is 1.91. The number of ether oxygens (including phenoxy) is 5. The molecule has 4 aromatic carbocycles. The van der Waals surface area contributed by atoms with Gasteiger partial charge in [0, 0.05) is 17.9 Å². The van der Waals surface area contributed by atoms with Crippen LogP contribution < -0.4 is 18.9 Å². The molecule has 0 fully saturated rings. The Bertz CT molecular complexity index is 1390. The minimum atomic E-state index is 0.185. The van der Waals surface area contributed by atoms with E-state index in [1.54, 1.807) is 25.6 Å². The SMILES string of the molecule is COCOc1ccc(-c2c(OCc3ccccc3)ccc(OC)c2Oc2cc3ccccc3s2)cc1. The Morgan fingerprint density at radius 1 is 0.722 bits per heavy atom. The van der Waals surface area contributed by atoms with E-state index < -0.39 is 0 Å². The lowest BCUT2D eigenvalue weighted by atomic mass is 10.0. The lowest BCUT2D eigenvalue weighted by molar-refractivity contribution is 0.0511. The zero-order valence-corrected chi connectivity index (χ0v) is 20.9. The molecule has 182 valence electrons. The van der Waals surface area contributed by atoms with Crippen LogP contribution in [0.25, 0.3) is 21.2 Å². The van der Waals surface area contributed by atoms with Gasteiger partial charge in [-0.05, 0) is 46.8 Å². The van der Waals surface area contributed by atoms with Crippen molar-refractivity contribution < 1.29 is 23.7 Å². The number of rotatable bonds is 10. The van der Waals surface area contributed by atoms with Crippen molar-refractivity contribution in [2.45, 2.75) is 6.61 Å². The number of fused-ring (bicyclic) bond motifs is 1. The molecule has 5 rings (SSSR count). The molecule has 0 N–H and O–H groups in total. The highest BCUT2D eigenvalue weighted by Gasteiger charge is 2.21. The van der Waals surface area contributed by atoms with Crippen molar-refractivity contribution in [3.05, 3.63) is 103 Å². The van der Waals surface area contributed by atoms with Gasteiger partial charge in [-0.3, -0.25) is 0 Å². The fourth-order valence-corrected chi connectivity index (χ4v) is 4.81. The van der Waals surface area contributed by atoms with Crippen molar-refractivity contribution in [2.24, 2.45) is 0 Å². The standard InChI is InChI=1S/C30H26O5S/c1-31-20-34-24-14-12-22(13-15-24)29-25(33-19-21-8-4-3-5-9-21)16-17-26(32-2)30(29)35-28-18-23-10-6-7-11-27(23)36-28/h3-18H,19-20H2,1-2H3. The second kappa shape index (κ2) is 11.2. The molecule has 0 atom stereocenters. The number of hydrogen-bond donors (Lipinski definition) is 0. The molecule has 0 unspecified atom stereocenters. The van der Waals surface area contributed by atoms with Gasteiger partial charge in [-0.25, -0.2) is 0 Å². The van der Waals surface area contributed by atoms with E-state index in [0.29, 0.717) is 29.6 Å². The van der Waals surface area contributed by atoms with Crippen LogP contribution in [-0.2, 0) is 11.3 Å². The van der Waals surface area contributed by atoms with E-state index in [1.165, 1.54) is 0 Å².